The van der Waals surface area contributed by atoms with E-state index in [9.17, 15) is 9.18 Å². The number of nitrogens with two attached hydrogens (primary N) is 1. The van der Waals surface area contributed by atoms with Crippen LogP contribution in [0.1, 0.15) is 16.7 Å². The van der Waals surface area contributed by atoms with Gasteiger partial charge in [0.05, 0.1) is 12.2 Å². The fraction of sp³-hybridized carbons (Fsp3) is 0.217. The van der Waals surface area contributed by atoms with Gasteiger partial charge >= 0.3 is 0 Å². The first-order valence-corrected chi connectivity index (χ1v) is 9.44. The summed E-state index contributed by atoms with van der Waals surface area (Å²) in [6.45, 7) is 0.929. The maximum Gasteiger partial charge on any atom is 0.271 e. The molecule has 3 rings (SSSR count). The standard InChI is InChI=1S/C23H25FN4O.ClH/c1-27(2)16-20-14-22(18-10-11-21(24)19(13-18)15-25)26-28(23(20)29)12-6-9-17-7-4-3-5-8-17;/h3-11,13-14H,12,15-16,25H2,1-2H3;1H/b9-6+;. The van der Waals surface area contributed by atoms with Gasteiger partial charge in [0.1, 0.15) is 5.82 Å². The molecule has 158 valence electrons. The molecule has 0 radical (unpaired) electrons. The Morgan fingerprint density at radius 1 is 1.10 bits per heavy atom. The molecule has 0 bridgehead atoms. The van der Waals surface area contributed by atoms with E-state index < -0.39 is 0 Å². The minimum Gasteiger partial charge on any atom is -0.326 e. The molecule has 3 aromatic rings. The van der Waals surface area contributed by atoms with Crippen LogP contribution in [0.25, 0.3) is 17.3 Å². The number of allylic oxidation sites excluding steroid dienone is 1. The summed E-state index contributed by atoms with van der Waals surface area (Å²) in [4.78, 5) is 14.8. The van der Waals surface area contributed by atoms with Crippen molar-refractivity contribution in [3.63, 3.8) is 0 Å². The maximum absolute atomic E-state index is 13.8. The van der Waals surface area contributed by atoms with Crippen molar-refractivity contribution in [3.05, 3.63) is 93.5 Å². The topological polar surface area (TPSA) is 64.2 Å². The SMILES string of the molecule is CN(C)Cc1cc(-c2ccc(F)c(CN)c2)nn(C/C=C/c2ccccc2)c1=O.Cl. The van der Waals surface area contributed by atoms with Crippen molar-refractivity contribution in [2.24, 2.45) is 5.73 Å². The second-order valence-electron chi connectivity index (χ2n) is 7.10. The van der Waals surface area contributed by atoms with Gasteiger partial charge < -0.3 is 10.6 Å². The van der Waals surface area contributed by atoms with Gasteiger partial charge in [-0.3, -0.25) is 4.79 Å². The molecule has 2 N–H and O–H groups in total. The molecular weight excluding hydrogens is 403 g/mol. The van der Waals surface area contributed by atoms with Crippen molar-refractivity contribution in [1.29, 1.82) is 0 Å². The van der Waals surface area contributed by atoms with E-state index in [1.807, 2.05) is 61.5 Å². The number of nitrogens with zero attached hydrogens (tertiary/aromatic N) is 3. The summed E-state index contributed by atoms with van der Waals surface area (Å²) in [5.41, 5.74) is 8.94. The summed E-state index contributed by atoms with van der Waals surface area (Å²) in [6, 6.07) is 16.4. The van der Waals surface area contributed by atoms with Crippen LogP contribution in [0.3, 0.4) is 0 Å². The summed E-state index contributed by atoms with van der Waals surface area (Å²) >= 11 is 0. The first-order chi connectivity index (χ1) is 14.0. The summed E-state index contributed by atoms with van der Waals surface area (Å²) in [6.07, 6.45) is 3.86. The Morgan fingerprint density at radius 2 is 1.83 bits per heavy atom. The van der Waals surface area contributed by atoms with Gasteiger partial charge in [0.25, 0.3) is 5.56 Å². The third-order valence-electron chi connectivity index (χ3n) is 4.48. The van der Waals surface area contributed by atoms with Crippen LogP contribution >= 0.6 is 12.4 Å². The van der Waals surface area contributed by atoms with Crippen LogP contribution in [0, 0.1) is 5.82 Å². The normalized spacial score (nSPS) is 11.1. The molecule has 0 spiro atoms. The molecule has 0 aliphatic carbocycles. The maximum atomic E-state index is 13.8. The first-order valence-electron chi connectivity index (χ1n) is 9.44. The van der Waals surface area contributed by atoms with Crippen LogP contribution in [0.4, 0.5) is 4.39 Å². The van der Waals surface area contributed by atoms with Gasteiger partial charge in [-0.25, -0.2) is 9.07 Å². The van der Waals surface area contributed by atoms with Crippen molar-refractivity contribution in [1.82, 2.24) is 14.7 Å². The Hall–Kier alpha value is -2.80. The zero-order valence-electron chi connectivity index (χ0n) is 17.1. The van der Waals surface area contributed by atoms with Gasteiger partial charge in [-0.15, -0.1) is 12.4 Å². The van der Waals surface area contributed by atoms with Crippen molar-refractivity contribution >= 4 is 18.5 Å². The molecule has 5 nitrogen and oxygen atoms in total. The molecule has 7 heteroatoms. The molecule has 30 heavy (non-hydrogen) atoms. The molecular formula is C23H26ClFN4O. The van der Waals surface area contributed by atoms with E-state index in [0.29, 0.717) is 29.9 Å². The van der Waals surface area contributed by atoms with Gasteiger partial charge in [0.15, 0.2) is 0 Å². The van der Waals surface area contributed by atoms with Gasteiger partial charge in [-0.2, -0.15) is 5.10 Å². The molecule has 0 aliphatic rings. The van der Waals surface area contributed by atoms with Gasteiger partial charge in [-0.05, 0) is 43.9 Å². The van der Waals surface area contributed by atoms with E-state index in [-0.39, 0.29) is 30.3 Å². The molecule has 1 heterocycles. The zero-order valence-corrected chi connectivity index (χ0v) is 17.9. The third-order valence-corrected chi connectivity index (χ3v) is 4.48. The second kappa shape index (κ2) is 10.8. The molecule has 2 aromatic carbocycles. The second-order valence-corrected chi connectivity index (χ2v) is 7.10. The van der Waals surface area contributed by atoms with E-state index in [4.69, 9.17) is 5.73 Å². The monoisotopic (exact) mass is 428 g/mol. The molecule has 0 atom stereocenters. The summed E-state index contributed by atoms with van der Waals surface area (Å²) < 4.78 is 15.3. The minimum absolute atomic E-state index is 0. The average Bonchev–Trinajstić information content (AvgIpc) is 2.71. The molecule has 0 unspecified atom stereocenters. The van der Waals surface area contributed by atoms with E-state index in [1.54, 1.807) is 18.2 Å². The lowest BCUT2D eigenvalue weighted by Gasteiger charge is -2.13. The highest BCUT2D eigenvalue weighted by Crippen LogP contribution is 2.20. The van der Waals surface area contributed by atoms with Crippen LogP contribution in [-0.2, 0) is 19.6 Å². The third kappa shape index (κ3) is 5.86. The predicted octanol–water partition coefficient (Wildman–Crippen LogP) is 3.70. The molecule has 0 aliphatic heterocycles. The van der Waals surface area contributed by atoms with Crippen molar-refractivity contribution in [2.75, 3.05) is 14.1 Å². The Kier molecular flexibility index (Phi) is 8.47. The number of halogens is 2. The smallest absolute Gasteiger partial charge is 0.271 e. The first kappa shape index (κ1) is 23.5. The van der Waals surface area contributed by atoms with E-state index in [1.165, 1.54) is 10.7 Å². The summed E-state index contributed by atoms with van der Waals surface area (Å²) in [5.74, 6) is -0.344. The van der Waals surface area contributed by atoms with Crippen LogP contribution in [0.2, 0.25) is 0 Å². The van der Waals surface area contributed by atoms with Crippen LogP contribution in [0.5, 0.6) is 0 Å². The quantitative estimate of drug-likeness (QED) is 0.623. The lowest BCUT2D eigenvalue weighted by Crippen LogP contribution is -2.29. The zero-order chi connectivity index (χ0) is 20.8. The molecule has 1 aromatic heterocycles. The van der Waals surface area contributed by atoms with Crippen molar-refractivity contribution in [3.8, 4) is 11.3 Å². The van der Waals surface area contributed by atoms with Crippen LogP contribution in [-0.4, -0.2) is 28.8 Å². The minimum atomic E-state index is -0.344. The molecule has 0 saturated carbocycles. The van der Waals surface area contributed by atoms with E-state index >= 15 is 0 Å². The fourth-order valence-corrected chi connectivity index (χ4v) is 3.06. The highest BCUT2D eigenvalue weighted by molar-refractivity contribution is 5.85. The number of benzene rings is 2. The fourth-order valence-electron chi connectivity index (χ4n) is 3.06. The predicted molar refractivity (Wildman–Crippen MR) is 122 cm³/mol. The van der Waals surface area contributed by atoms with E-state index in [2.05, 4.69) is 5.10 Å². The highest BCUT2D eigenvalue weighted by Gasteiger charge is 2.12. The van der Waals surface area contributed by atoms with E-state index in [0.717, 1.165) is 11.1 Å². The van der Waals surface area contributed by atoms with Crippen molar-refractivity contribution in [2.45, 2.75) is 19.6 Å². The molecule has 0 fully saturated rings. The molecule has 0 amide bonds. The molecule has 0 saturated heterocycles. The Bertz CT molecular complexity index is 1060. The number of hydrogen-bond donors (Lipinski definition) is 1. The summed E-state index contributed by atoms with van der Waals surface area (Å²) in [5, 5.41) is 4.52. The number of aromatic nitrogens is 2. The number of rotatable bonds is 7. The van der Waals surface area contributed by atoms with Crippen LogP contribution < -0.4 is 11.3 Å². The Morgan fingerprint density at radius 3 is 2.50 bits per heavy atom. The van der Waals surface area contributed by atoms with Crippen LogP contribution in [0.15, 0.2) is 65.5 Å². The van der Waals surface area contributed by atoms with Gasteiger partial charge in [-0.1, -0.05) is 42.5 Å². The van der Waals surface area contributed by atoms with Gasteiger partial charge in [0, 0.05) is 29.8 Å². The lowest BCUT2D eigenvalue weighted by molar-refractivity contribution is 0.397. The lowest BCUT2D eigenvalue weighted by atomic mass is 10.1. The Balaban J connectivity index is 0.00000320. The highest BCUT2D eigenvalue weighted by atomic mass is 35.5. The van der Waals surface area contributed by atoms with Gasteiger partial charge in [0.2, 0.25) is 0 Å². The Labute approximate surface area is 182 Å². The number of hydrogen-bond acceptors (Lipinski definition) is 4. The average molecular weight is 429 g/mol. The van der Waals surface area contributed by atoms with Crippen molar-refractivity contribution < 1.29 is 4.39 Å². The summed E-state index contributed by atoms with van der Waals surface area (Å²) in [7, 11) is 3.81. The largest absolute Gasteiger partial charge is 0.326 e.